The third-order valence-corrected chi connectivity index (χ3v) is 11.7. The smallest absolute Gasteiger partial charge is 0.344 e. The van der Waals surface area contributed by atoms with Gasteiger partial charge in [0.15, 0.2) is 0 Å². The molecule has 362 valence electrons. The molecule has 0 aliphatic heterocycles. The Bertz CT molecular complexity index is 2550. The van der Waals surface area contributed by atoms with Crippen LogP contribution in [-0.2, 0) is 27.1 Å². The Morgan fingerprint density at radius 1 is 0.632 bits per heavy atom. The molecule has 6 aromatic rings. The topological polar surface area (TPSA) is 173 Å². The zero-order chi connectivity index (χ0) is 48.4. The molecule has 0 saturated carbocycles. The summed E-state index contributed by atoms with van der Waals surface area (Å²) in [6.45, 7) is 7.66. The minimum atomic E-state index is -1.11. The fourth-order valence-corrected chi connectivity index (χ4v) is 7.99. The van der Waals surface area contributed by atoms with E-state index < -0.39 is 35.5 Å². The van der Waals surface area contributed by atoms with Crippen molar-refractivity contribution in [2.45, 2.75) is 103 Å². The molecule has 13 heteroatoms. The van der Waals surface area contributed by atoms with Gasteiger partial charge in [-0.05, 0) is 85.3 Å². The van der Waals surface area contributed by atoms with E-state index in [0.717, 1.165) is 68.6 Å². The van der Waals surface area contributed by atoms with Crippen LogP contribution in [0.4, 0.5) is 0 Å². The van der Waals surface area contributed by atoms with Crippen molar-refractivity contribution in [2.75, 3.05) is 40.6 Å². The van der Waals surface area contributed by atoms with Gasteiger partial charge in [-0.2, -0.15) is 0 Å². The molecular formula is C55H64O13. The van der Waals surface area contributed by atoms with E-state index in [-0.39, 0.29) is 32.8 Å². The van der Waals surface area contributed by atoms with Crippen LogP contribution >= 0.6 is 0 Å². The first-order valence-corrected chi connectivity index (χ1v) is 23.5. The van der Waals surface area contributed by atoms with E-state index in [2.05, 4.69) is 20.4 Å². The van der Waals surface area contributed by atoms with Crippen molar-refractivity contribution in [3.63, 3.8) is 0 Å². The molecule has 0 spiro atoms. The van der Waals surface area contributed by atoms with Crippen molar-refractivity contribution >= 4 is 27.9 Å². The van der Waals surface area contributed by atoms with Gasteiger partial charge in [0.2, 0.25) is 0 Å². The third-order valence-electron chi connectivity index (χ3n) is 11.7. The summed E-state index contributed by atoms with van der Waals surface area (Å²) in [7, 11) is 3.19. The van der Waals surface area contributed by atoms with Crippen molar-refractivity contribution in [3.8, 4) is 45.3 Å². The molecule has 0 amide bonds. The maximum Gasteiger partial charge on any atom is 0.344 e. The highest BCUT2D eigenvalue weighted by molar-refractivity contribution is 5.85. The van der Waals surface area contributed by atoms with Gasteiger partial charge in [0.05, 0.1) is 63.5 Å². The summed E-state index contributed by atoms with van der Waals surface area (Å²) in [5.74, 6) is 1.51. The molecule has 4 aromatic carbocycles. The van der Waals surface area contributed by atoms with Gasteiger partial charge in [0.25, 0.3) is 0 Å². The zero-order valence-electron chi connectivity index (χ0n) is 39.6. The van der Waals surface area contributed by atoms with E-state index >= 15 is 0 Å². The number of esters is 1. The zero-order valence-corrected chi connectivity index (χ0v) is 39.6. The quantitative estimate of drug-likeness (QED) is 0.0206. The monoisotopic (exact) mass is 932 g/mol. The fourth-order valence-electron chi connectivity index (χ4n) is 7.99. The van der Waals surface area contributed by atoms with E-state index in [1.165, 1.54) is 0 Å². The predicted molar refractivity (Wildman–Crippen MR) is 263 cm³/mol. The number of fused-ring (bicyclic) bond motifs is 2. The lowest BCUT2D eigenvalue weighted by atomic mass is 10.00. The molecule has 13 nitrogen and oxygen atoms in total. The second-order valence-electron chi connectivity index (χ2n) is 16.9. The second kappa shape index (κ2) is 25.6. The Hall–Kier alpha value is -6.41. The van der Waals surface area contributed by atoms with Crippen LogP contribution in [0, 0.1) is 0 Å². The highest BCUT2D eigenvalue weighted by Gasteiger charge is 2.20. The number of carbonyl (C=O) groups excluding carboxylic acids is 1. The van der Waals surface area contributed by atoms with Crippen LogP contribution < -0.4 is 30.2 Å². The molecule has 0 aliphatic carbocycles. The number of aryl methyl sites for hydroxylation is 2. The van der Waals surface area contributed by atoms with Gasteiger partial charge in [-0.1, -0.05) is 70.4 Å². The van der Waals surface area contributed by atoms with Gasteiger partial charge in [-0.25, -0.2) is 14.4 Å². The van der Waals surface area contributed by atoms with Crippen molar-refractivity contribution in [1.82, 2.24) is 0 Å². The molecule has 2 unspecified atom stereocenters. The molecule has 0 aliphatic rings. The lowest BCUT2D eigenvalue weighted by Crippen LogP contribution is -2.29. The minimum Gasteiger partial charge on any atom is -0.496 e. The van der Waals surface area contributed by atoms with Crippen LogP contribution in [0.25, 0.3) is 44.2 Å². The lowest BCUT2D eigenvalue weighted by Gasteiger charge is -2.22. The van der Waals surface area contributed by atoms with Gasteiger partial charge in [-0.15, -0.1) is 0 Å². The van der Waals surface area contributed by atoms with Crippen LogP contribution in [-0.4, -0.2) is 75.1 Å². The Kier molecular flexibility index (Phi) is 19.2. The standard InChI is InChI=1S/C55H64O13/c1-6-9-11-13-36-15-21-45(51(27-36)61-4)47-29-38-17-19-43(32-49(38)67-54(47)59)63-25-23-42(65-34-40(56)31-41(57)35-66-53(58)8-3)24-26-64-44-20-18-39-30-48(55(60)68-50(39)33-44)46-22-16-37(14-12-10-7-2)28-52(46)62-5/h8,15-22,27-30,32-33,40-42,56-57H,3,6-7,9-14,23-26,31,34-35H2,1-2,4-5H3. The predicted octanol–water partition coefficient (Wildman–Crippen LogP) is 10.2. The summed E-state index contributed by atoms with van der Waals surface area (Å²) >= 11 is 0. The first kappa shape index (κ1) is 51.0. The molecule has 0 bridgehead atoms. The largest absolute Gasteiger partial charge is 0.496 e. The summed E-state index contributed by atoms with van der Waals surface area (Å²) in [6, 6.07) is 26.0. The van der Waals surface area contributed by atoms with Gasteiger partial charge in [-0.3, -0.25) is 0 Å². The summed E-state index contributed by atoms with van der Waals surface area (Å²) < 4.78 is 46.2. The summed E-state index contributed by atoms with van der Waals surface area (Å²) in [5.41, 5.74) is 4.14. The Labute approximate surface area is 397 Å². The normalized spacial score (nSPS) is 12.3. The number of aliphatic hydroxyl groups excluding tert-OH is 2. The Morgan fingerprint density at radius 3 is 1.57 bits per heavy atom. The fraction of sp³-hybridized carbons (Fsp3) is 0.400. The number of hydrogen-bond acceptors (Lipinski definition) is 13. The van der Waals surface area contributed by atoms with Crippen molar-refractivity contribution in [1.29, 1.82) is 0 Å². The Morgan fingerprint density at radius 2 is 1.12 bits per heavy atom. The van der Waals surface area contributed by atoms with E-state index in [4.69, 9.17) is 37.3 Å². The average Bonchev–Trinajstić information content (AvgIpc) is 3.34. The number of unbranched alkanes of at least 4 members (excludes halogenated alkanes) is 4. The van der Waals surface area contributed by atoms with Crippen LogP contribution in [0.15, 0.2) is 116 Å². The molecule has 2 aromatic heterocycles. The molecule has 0 fully saturated rings. The number of methoxy groups -OCH3 is 2. The number of carbonyl (C=O) groups is 1. The number of aliphatic hydroxyl groups is 2. The van der Waals surface area contributed by atoms with Gasteiger partial charge in [0.1, 0.15) is 40.8 Å². The highest BCUT2D eigenvalue weighted by atomic mass is 16.5. The summed E-state index contributed by atoms with van der Waals surface area (Å²) in [4.78, 5) is 38.1. The van der Waals surface area contributed by atoms with Crippen LogP contribution in [0.1, 0.15) is 82.8 Å². The SMILES string of the molecule is C=CC(=O)OCC(O)CC(O)COC(CCOc1ccc2cc(-c3ccc(CCCCC)cc3OC)c(=O)oc2c1)CCOc1ccc2cc(-c3ccc(CCCCC)cc3OC)c(=O)oc2c1. The minimum absolute atomic E-state index is 0.0908. The number of hydrogen-bond donors (Lipinski definition) is 2. The molecule has 2 heterocycles. The first-order chi connectivity index (χ1) is 33.0. The molecule has 6 rings (SSSR count). The maximum atomic E-state index is 13.3. The average molecular weight is 933 g/mol. The lowest BCUT2D eigenvalue weighted by molar-refractivity contribution is -0.141. The van der Waals surface area contributed by atoms with Gasteiger partial charge < -0.3 is 47.5 Å². The van der Waals surface area contributed by atoms with Crippen LogP contribution in [0.5, 0.6) is 23.0 Å². The van der Waals surface area contributed by atoms with Crippen molar-refractivity contribution < 1.29 is 52.3 Å². The second-order valence-corrected chi connectivity index (χ2v) is 16.9. The van der Waals surface area contributed by atoms with E-state index in [1.54, 1.807) is 50.6 Å². The van der Waals surface area contributed by atoms with Gasteiger partial charge >= 0.3 is 17.2 Å². The summed E-state index contributed by atoms with van der Waals surface area (Å²) in [6.07, 6.45) is 7.61. The first-order valence-electron chi connectivity index (χ1n) is 23.5. The van der Waals surface area contributed by atoms with Crippen LogP contribution in [0.2, 0.25) is 0 Å². The Balaban J connectivity index is 1.10. The molecule has 0 radical (unpaired) electrons. The van der Waals surface area contributed by atoms with E-state index in [9.17, 15) is 24.6 Å². The molecule has 2 atom stereocenters. The highest BCUT2D eigenvalue weighted by Crippen LogP contribution is 2.34. The molecule has 2 N–H and O–H groups in total. The molecular weight excluding hydrogens is 869 g/mol. The number of rotatable bonds is 28. The molecule has 68 heavy (non-hydrogen) atoms. The maximum absolute atomic E-state index is 13.3. The van der Waals surface area contributed by atoms with Crippen molar-refractivity contribution in [2.24, 2.45) is 0 Å². The number of ether oxygens (including phenoxy) is 6. The molecule has 0 saturated heterocycles. The number of benzene rings is 4. The van der Waals surface area contributed by atoms with Crippen LogP contribution in [0.3, 0.4) is 0 Å². The van der Waals surface area contributed by atoms with Gasteiger partial charge in [0, 0.05) is 59.4 Å². The van der Waals surface area contributed by atoms with E-state index in [1.807, 2.05) is 48.5 Å². The van der Waals surface area contributed by atoms with Crippen molar-refractivity contribution in [3.05, 3.63) is 130 Å². The third kappa shape index (κ3) is 14.3. The summed E-state index contributed by atoms with van der Waals surface area (Å²) in [5, 5.41) is 22.4. The van der Waals surface area contributed by atoms with E-state index in [0.29, 0.717) is 80.0 Å².